The number of methoxy groups -OCH3 is 1. The standard InChI is InChI=1S/C26H26FN7O/c1-15(14-35-2)21-13-29-34-25(21)32-24(16-9-17(27)12-28-11-16)33-26(34)30-18-7-8-23-20(10-18)19-5-3-4-6-22(19)31-23/h3-6,9,11-13,15,18,31H,7-8,10,14H2,1-2H3,(H,30,32,33)/t15-,18?/m0/s1. The number of para-hydroxylation sites is 1. The van der Waals surface area contributed by atoms with E-state index in [1.807, 2.05) is 6.20 Å². The van der Waals surface area contributed by atoms with Crippen LogP contribution in [0.15, 0.2) is 48.9 Å². The highest BCUT2D eigenvalue weighted by atomic mass is 19.1. The molecule has 8 nitrogen and oxygen atoms in total. The Labute approximate surface area is 201 Å². The van der Waals surface area contributed by atoms with Gasteiger partial charge in [-0.2, -0.15) is 14.6 Å². The number of rotatable bonds is 6. The number of anilines is 1. The van der Waals surface area contributed by atoms with E-state index in [9.17, 15) is 4.39 Å². The largest absolute Gasteiger partial charge is 0.384 e. The predicted octanol–water partition coefficient (Wildman–Crippen LogP) is 4.53. The molecule has 0 aliphatic heterocycles. The van der Waals surface area contributed by atoms with E-state index in [0.717, 1.165) is 24.8 Å². The van der Waals surface area contributed by atoms with Crippen molar-refractivity contribution in [1.29, 1.82) is 0 Å². The van der Waals surface area contributed by atoms with Gasteiger partial charge in [-0.05, 0) is 37.0 Å². The van der Waals surface area contributed by atoms with Gasteiger partial charge in [0.1, 0.15) is 5.82 Å². The molecule has 0 saturated heterocycles. The summed E-state index contributed by atoms with van der Waals surface area (Å²) in [5, 5.41) is 9.49. The number of aromatic amines is 1. The number of ether oxygens (including phenoxy) is 1. The number of halogens is 1. The lowest BCUT2D eigenvalue weighted by atomic mass is 9.91. The molecule has 0 bridgehead atoms. The maximum Gasteiger partial charge on any atom is 0.228 e. The number of hydrogen-bond donors (Lipinski definition) is 2. The minimum absolute atomic E-state index is 0.0854. The van der Waals surface area contributed by atoms with E-state index >= 15 is 0 Å². The third-order valence-corrected chi connectivity index (χ3v) is 6.73. The topological polar surface area (TPSA) is 93.0 Å². The van der Waals surface area contributed by atoms with Gasteiger partial charge in [0, 0.05) is 53.0 Å². The van der Waals surface area contributed by atoms with Crippen LogP contribution in [0.5, 0.6) is 0 Å². The third kappa shape index (κ3) is 3.91. The van der Waals surface area contributed by atoms with Gasteiger partial charge in [0.15, 0.2) is 11.5 Å². The molecule has 1 aromatic carbocycles. The van der Waals surface area contributed by atoms with Gasteiger partial charge in [-0.15, -0.1) is 0 Å². The molecule has 4 heterocycles. The van der Waals surface area contributed by atoms with Crippen molar-refractivity contribution in [3.8, 4) is 11.4 Å². The Morgan fingerprint density at radius 2 is 2.11 bits per heavy atom. The smallest absolute Gasteiger partial charge is 0.228 e. The second-order valence-corrected chi connectivity index (χ2v) is 9.17. The minimum Gasteiger partial charge on any atom is -0.384 e. The van der Waals surface area contributed by atoms with Gasteiger partial charge < -0.3 is 15.0 Å². The van der Waals surface area contributed by atoms with Crippen LogP contribution in [-0.2, 0) is 17.6 Å². The van der Waals surface area contributed by atoms with Crippen LogP contribution in [0, 0.1) is 5.82 Å². The van der Waals surface area contributed by atoms with Crippen LogP contribution in [-0.4, -0.2) is 49.3 Å². The number of hydrogen-bond acceptors (Lipinski definition) is 6. The molecule has 4 aromatic heterocycles. The van der Waals surface area contributed by atoms with Crippen molar-refractivity contribution in [3.05, 3.63) is 71.6 Å². The lowest BCUT2D eigenvalue weighted by Crippen LogP contribution is -2.29. The third-order valence-electron chi connectivity index (χ3n) is 6.73. The SMILES string of the molecule is COC[C@H](C)c1cnn2c(NC3CCc4[nH]c5ccccc5c4C3)nc(-c3cncc(F)c3)nc12. The van der Waals surface area contributed by atoms with Gasteiger partial charge in [0.2, 0.25) is 5.95 Å². The molecule has 178 valence electrons. The first-order chi connectivity index (χ1) is 17.1. The van der Waals surface area contributed by atoms with Crippen LogP contribution in [0.4, 0.5) is 10.3 Å². The molecule has 2 atom stereocenters. The average Bonchev–Trinajstić information content (AvgIpc) is 3.46. The van der Waals surface area contributed by atoms with Crippen molar-refractivity contribution < 1.29 is 9.13 Å². The van der Waals surface area contributed by atoms with Crippen LogP contribution in [0.3, 0.4) is 0 Å². The van der Waals surface area contributed by atoms with Crippen molar-refractivity contribution in [2.24, 2.45) is 0 Å². The second-order valence-electron chi connectivity index (χ2n) is 9.17. The summed E-state index contributed by atoms with van der Waals surface area (Å²) in [7, 11) is 1.68. The van der Waals surface area contributed by atoms with E-state index in [2.05, 4.69) is 51.6 Å². The normalized spacial score (nSPS) is 16.5. The van der Waals surface area contributed by atoms with Gasteiger partial charge in [-0.3, -0.25) is 4.98 Å². The van der Waals surface area contributed by atoms with E-state index in [1.54, 1.807) is 17.8 Å². The van der Waals surface area contributed by atoms with Crippen molar-refractivity contribution in [3.63, 3.8) is 0 Å². The highest BCUT2D eigenvalue weighted by Crippen LogP contribution is 2.31. The number of aromatic nitrogens is 6. The highest BCUT2D eigenvalue weighted by Gasteiger charge is 2.25. The van der Waals surface area contributed by atoms with Gasteiger partial charge >= 0.3 is 0 Å². The van der Waals surface area contributed by atoms with Gasteiger partial charge in [0.05, 0.1) is 19.0 Å². The first kappa shape index (κ1) is 21.7. The molecule has 2 N–H and O–H groups in total. The second kappa shape index (κ2) is 8.74. The molecule has 1 unspecified atom stereocenters. The van der Waals surface area contributed by atoms with E-state index < -0.39 is 5.82 Å². The molecule has 5 aromatic rings. The summed E-state index contributed by atoms with van der Waals surface area (Å²) in [6.07, 6.45) is 7.34. The quantitative estimate of drug-likeness (QED) is 0.378. The minimum atomic E-state index is -0.430. The van der Waals surface area contributed by atoms with Gasteiger partial charge in [0.25, 0.3) is 0 Å². The number of pyridine rings is 1. The lowest BCUT2D eigenvalue weighted by Gasteiger charge is -2.24. The summed E-state index contributed by atoms with van der Waals surface area (Å²) in [5.74, 6) is 0.642. The van der Waals surface area contributed by atoms with Crippen LogP contribution < -0.4 is 5.32 Å². The van der Waals surface area contributed by atoms with E-state index in [0.29, 0.717) is 29.6 Å². The van der Waals surface area contributed by atoms with Crippen molar-refractivity contribution in [1.82, 2.24) is 29.5 Å². The number of aryl methyl sites for hydroxylation is 1. The molecule has 0 radical (unpaired) electrons. The Bertz CT molecular complexity index is 1530. The molecule has 0 fully saturated rings. The Morgan fingerprint density at radius 1 is 1.23 bits per heavy atom. The number of nitrogens with zero attached hydrogens (tertiary/aromatic N) is 5. The number of fused-ring (bicyclic) bond motifs is 4. The maximum atomic E-state index is 14.0. The monoisotopic (exact) mass is 471 g/mol. The average molecular weight is 472 g/mol. The summed E-state index contributed by atoms with van der Waals surface area (Å²) < 4.78 is 21.1. The summed E-state index contributed by atoms with van der Waals surface area (Å²) >= 11 is 0. The zero-order chi connectivity index (χ0) is 23.9. The lowest BCUT2D eigenvalue weighted by molar-refractivity contribution is 0.184. The van der Waals surface area contributed by atoms with Crippen molar-refractivity contribution in [2.45, 2.75) is 38.1 Å². The first-order valence-corrected chi connectivity index (χ1v) is 11.8. The summed E-state index contributed by atoms with van der Waals surface area (Å²) in [5.41, 5.74) is 5.97. The fraction of sp³-hybridized carbons (Fsp3) is 0.308. The fourth-order valence-electron chi connectivity index (χ4n) is 5.01. The van der Waals surface area contributed by atoms with Gasteiger partial charge in [-0.1, -0.05) is 25.1 Å². The van der Waals surface area contributed by atoms with E-state index in [1.165, 1.54) is 34.4 Å². The van der Waals surface area contributed by atoms with E-state index in [4.69, 9.17) is 14.7 Å². The Hall–Kier alpha value is -3.85. The van der Waals surface area contributed by atoms with E-state index in [-0.39, 0.29) is 12.0 Å². The van der Waals surface area contributed by atoms with Gasteiger partial charge in [-0.25, -0.2) is 9.37 Å². The summed E-state index contributed by atoms with van der Waals surface area (Å²) in [6, 6.07) is 9.99. The number of benzene rings is 1. The summed E-state index contributed by atoms with van der Waals surface area (Å²) in [6.45, 7) is 2.61. The molecule has 0 saturated carbocycles. The Kier molecular flexibility index (Phi) is 5.41. The Balaban J connectivity index is 1.41. The molecular weight excluding hydrogens is 445 g/mol. The predicted molar refractivity (Wildman–Crippen MR) is 132 cm³/mol. The molecule has 0 amide bonds. The number of nitrogens with one attached hydrogen (secondary N) is 2. The van der Waals surface area contributed by atoms with Crippen LogP contribution in [0.25, 0.3) is 27.9 Å². The van der Waals surface area contributed by atoms with Crippen molar-refractivity contribution in [2.75, 3.05) is 19.0 Å². The first-order valence-electron chi connectivity index (χ1n) is 11.8. The van der Waals surface area contributed by atoms with Crippen LogP contribution in [0.1, 0.15) is 36.1 Å². The van der Waals surface area contributed by atoms with Crippen molar-refractivity contribution >= 4 is 22.5 Å². The number of H-pyrrole nitrogens is 1. The Morgan fingerprint density at radius 3 is 2.97 bits per heavy atom. The highest BCUT2D eigenvalue weighted by molar-refractivity contribution is 5.85. The van der Waals surface area contributed by atoms with Crippen LogP contribution in [0.2, 0.25) is 0 Å². The molecule has 1 aliphatic carbocycles. The molecule has 1 aliphatic rings. The fourth-order valence-corrected chi connectivity index (χ4v) is 5.01. The van der Waals surface area contributed by atoms with Crippen LogP contribution >= 0.6 is 0 Å². The molecular formula is C26H26FN7O. The molecule has 9 heteroatoms. The summed E-state index contributed by atoms with van der Waals surface area (Å²) in [4.78, 5) is 17.1. The maximum absolute atomic E-state index is 14.0. The zero-order valence-electron chi connectivity index (χ0n) is 19.6. The molecule has 0 spiro atoms. The zero-order valence-corrected chi connectivity index (χ0v) is 19.6. The molecule has 35 heavy (non-hydrogen) atoms. The molecule has 6 rings (SSSR count).